The first-order chi connectivity index (χ1) is 13.5. The van der Waals surface area contributed by atoms with Gasteiger partial charge in [-0.25, -0.2) is 4.98 Å². The lowest BCUT2D eigenvalue weighted by atomic mass is 10.1. The van der Waals surface area contributed by atoms with Crippen LogP contribution in [0.1, 0.15) is 36.5 Å². The molecule has 2 heterocycles. The third-order valence-electron chi connectivity index (χ3n) is 4.32. The van der Waals surface area contributed by atoms with Gasteiger partial charge in [0.25, 0.3) is 5.91 Å². The number of benzene rings is 1. The quantitative estimate of drug-likeness (QED) is 0.337. The molecule has 0 aliphatic heterocycles. The molecule has 0 fully saturated rings. The van der Waals surface area contributed by atoms with E-state index >= 15 is 0 Å². The molecule has 8 heteroatoms. The Morgan fingerprint density at radius 1 is 1.29 bits per heavy atom. The maximum Gasteiger partial charge on any atom is 0.252 e. The van der Waals surface area contributed by atoms with Gasteiger partial charge in [-0.1, -0.05) is 55.4 Å². The number of hydrogen-bond acceptors (Lipinski definition) is 5. The van der Waals surface area contributed by atoms with Crippen molar-refractivity contribution in [2.45, 2.75) is 38.4 Å². The van der Waals surface area contributed by atoms with E-state index < -0.39 is 0 Å². The third kappa shape index (κ3) is 4.83. The molecule has 1 amide bonds. The number of nitrogens with one attached hydrogen (secondary N) is 1. The van der Waals surface area contributed by atoms with Crippen molar-refractivity contribution in [1.82, 2.24) is 25.1 Å². The second kappa shape index (κ2) is 9.39. The van der Waals surface area contributed by atoms with Gasteiger partial charge in [-0.15, -0.1) is 10.2 Å². The van der Waals surface area contributed by atoms with E-state index in [0.717, 1.165) is 35.8 Å². The number of para-hydroxylation sites is 1. The number of carbonyl (C=O) groups excluding carboxylic acids is 1. The number of aryl methyl sites for hydroxylation is 1. The fourth-order valence-electron chi connectivity index (χ4n) is 3.08. The molecule has 28 heavy (non-hydrogen) atoms. The predicted octanol–water partition coefficient (Wildman–Crippen LogP) is 4.22. The first-order valence-electron chi connectivity index (χ1n) is 9.29. The standard InChI is InChI=1S/C20H24ClN5OS/c1-13(2)12-26-18(24-25-20(26)28-3)9-6-10-22-19(27)15-11-17(21)23-16-8-5-4-7-14(15)16/h4-5,7-8,11,13H,6,9-10,12H2,1-3H3,(H,22,27). The van der Waals surface area contributed by atoms with Crippen LogP contribution in [-0.4, -0.2) is 38.5 Å². The molecule has 0 bridgehead atoms. The lowest BCUT2D eigenvalue weighted by molar-refractivity contribution is 0.0954. The van der Waals surface area contributed by atoms with Crippen LogP contribution in [0.4, 0.5) is 0 Å². The maximum atomic E-state index is 12.7. The van der Waals surface area contributed by atoms with E-state index in [0.29, 0.717) is 28.7 Å². The number of halogens is 1. The van der Waals surface area contributed by atoms with Crippen LogP contribution < -0.4 is 5.32 Å². The molecule has 3 rings (SSSR count). The van der Waals surface area contributed by atoms with Crippen LogP contribution in [0.5, 0.6) is 0 Å². The molecule has 3 aromatic rings. The van der Waals surface area contributed by atoms with Crippen LogP contribution in [0.15, 0.2) is 35.5 Å². The predicted molar refractivity (Wildman–Crippen MR) is 114 cm³/mol. The van der Waals surface area contributed by atoms with Crippen LogP contribution >= 0.6 is 23.4 Å². The van der Waals surface area contributed by atoms with Crippen molar-refractivity contribution >= 4 is 40.2 Å². The number of thioether (sulfide) groups is 1. The molecule has 0 atom stereocenters. The van der Waals surface area contributed by atoms with E-state index in [9.17, 15) is 4.79 Å². The molecule has 1 aromatic carbocycles. The molecule has 148 valence electrons. The fourth-order valence-corrected chi connectivity index (χ4v) is 3.80. The summed E-state index contributed by atoms with van der Waals surface area (Å²) in [5, 5.41) is 13.6. The summed E-state index contributed by atoms with van der Waals surface area (Å²) in [4.78, 5) is 16.9. The van der Waals surface area contributed by atoms with Crippen LogP contribution in [-0.2, 0) is 13.0 Å². The highest BCUT2D eigenvalue weighted by atomic mass is 35.5. The summed E-state index contributed by atoms with van der Waals surface area (Å²) >= 11 is 7.68. The molecule has 0 saturated carbocycles. The molecule has 0 spiro atoms. The molecule has 0 aliphatic carbocycles. The highest BCUT2D eigenvalue weighted by molar-refractivity contribution is 7.98. The average molecular weight is 418 g/mol. The summed E-state index contributed by atoms with van der Waals surface area (Å²) in [5.41, 5.74) is 1.26. The number of amides is 1. The Morgan fingerprint density at radius 3 is 2.82 bits per heavy atom. The normalized spacial score (nSPS) is 11.3. The van der Waals surface area contributed by atoms with Gasteiger partial charge in [0.15, 0.2) is 5.16 Å². The fraction of sp³-hybridized carbons (Fsp3) is 0.400. The van der Waals surface area contributed by atoms with Gasteiger partial charge >= 0.3 is 0 Å². The minimum absolute atomic E-state index is 0.144. The summed E-state index contributed by atoms with van der Waals surface area (Å²) < 4.78 is 2.17. The molecular formula is C20H24ClN5OS. The van der Waals surface area contributed by atoms with Crippen LogP contribution in [0.25, 0.3) is 10.9 Å². The number of hydrogen-bond donors (Lipinski definition) is 1. The van der Waals surface area contributed by atoms with Gasteiger partial charge < -0.3 is 9.88 Å². The van der Waals surface area contributed by atoms with Crippen molar-refractivity contribution in [3.8, 4) is 0 Å². The topological polar surface area (TPSA) is 72.7 Å². The summed E-state index contributed by atoms with van der Waals surface area (Å²) in [6, 6.07) is 9.11. The first-order valence-corrected chi connectivity index (χ1v) is 10.9. The zero-order valence-electron chi connectivity index (χ0n) is 16.3. The zero-order valence-corrected chi connectivity index (χ0v) is 17.8. The SMILES string of the molecule is CSc1nnc(CCCNC(=O)c2cc(Cl)nc3ccccc23)n1CC(C)C. The van der Waals surface area contributed by atoms with Crippen LogP contribution in [0, 0.1) is 5.92 Å². The van der Waals surface area contributed by atoms with Crippen molar-refractivity contribution in [2.24, 2.45) is 5.92 Å². The van der Waals surface area contributed by atoms with E-state index in [1.165, 1.54) is 0 Å². The van der Waals surface area contributed by atoms with Crippen LogP contribution in [0.3, 0.4) is 0 Å². The number of aromatic nitrogens is 4. The van der Waals surface area contributed by atoms with Gasteiger partial charge in [0.1, 0.15) is 11.0 Å². The minimum Gasteiger partial charge on any atom is -0.352 e. The van der Waals surface area contributed by atoms with E-state index in [2.05, 4.69) is 38.9 Å². The Morgan fingerprint density at radius 2 is 2.07 bits per heavy atom. The minimum atomic E-state index is -0.144. The average Bonchev–Trinajstić information content (AvgIpc) is 3.05. The maximum absolute atomic E-state index is 12.7. The van der Waals surface area contributed by atoms with Crippen molar-refractivity contribution in [1.29, 1.82) is 0 Å². The summed E-state index contributed by atoms with van der Waals surface area (Å²) in [6.45, 7) is 5.80. The summed E-state index contributed by atoms with van der Waals surface area (Å²) in [7, 11) is 0. The van der Waals surface area contributed by atoms with Gasteiger partial charge in [0, 0.05) is 24.9 Å². The lowest BCUT2D eigenvalue weighted by Gasteiger charge is -2.12. The molecule has 0 radical (unpaired) electrons. The van der Waals surface area contributed by atoms with E-state index in [1.54, 1.807) is 17.8 Å². The third-order valence-corrected chi connectivity index (χ3v) is 5.18. The zero-order chi connectivity index (χ0) is 20.1. The Kier molecular flexibility index (Phi) is 6.91. The van der Waals surface area contributed by atoms with E-state index in [-0.39, 0.29) is 5.91 Å². The Bertz CT molecular complexity index is 972. The number of pyridine rings is 1. The number of rotatable bonds is 8. The Hall–Kier alpha value is -2.12. The molecule has 0 aliphatic rings. The van der Waals surface area contributed by atoms with Crippen molar-refractivity contribution in [2.75, 3.05) is 12.8 Å². The Labute approximate surface area is 174 Å². The first kappa shape index (κ1) is 20.6. The van der Waals surface area contributed by atoms with Crippen molar-refractivity contribution in [3.63, 3.8) is 0 Å². The highest BCUT2D eigenvalue weighted by Crippen LogP contribution is 2.21. The summed E-state index contributed by atoms with van der Waals surface area (Å²) in [6.07, 6.45) is 3.56. The van der Waals surface area contributed by atoms with Crippen LogP contribution in [0.2, 0.25) is 5.15 Å². The van der Waals surface area contributed by atoms with Crippen molar-refractivity contribution in [3.05, 3.63) is 46.9 Å². The number of carbonyl (C=O) groups is 1. The van der Waals surface area contributed by atoms with Gasteiger partial charge in [-0.05, 0) is 30.7 Å². The molecule has 1 N–H and O–H groups in total. The molecule has 2 aromatic heterocycles. The number of nitrogens with zero attached hydrogens (tertiary/aromatic N) is 4. The second-order valence-corrected chi connectivity index (χ2v) is 8.14. The van der Waals surface area contributed by atoms with Gasteiger partial charge in [-0.2, -0.15) is 0 Å². The molecule has 6 nitrogen and oxygen atoms in total. The summed E-state index contributed by atoms with van der Waals surface area (Å²) in [5.74, 6) is 1.34. The molecule has 0 saturated heterocycles. The van der Waals surface area contributed by atoms with Crippen molar-refractivity contribution < 1.29 is 4.79 Å². The van der Waals surface area contributed by atoms with E-state index in [4.69, 9.17) is 11.6 Å². The molecular weight excluding hydrogens is 394 g/mol. The van der Waals surface area contributed by atoms with E-state index in [1.807, 2.05) is 30.5 Å². The molecule has 0 unspecified atom stereocenters. The Balaban J connectivity index is 1.62. The van der Waals surface area contributed by atoms with Gasteiger partial charge in [-0.3, -0.25) is 4.79 Å². The van der Waals surface area contributed by atoms with Gasteiger partial charge in [0.05, 0.1) is 11.1 Å². The largest absolute Gasteiger partial charge is 0.352 e. The monoisotopic (exact) mass is 417 g/mol. The lowest BCUT2D eigenvalue weighted by Crippen LogP contribution is -2.25. The second-order valence-electron chi connectivity index (χ2n) is 6.98. The highest BCUT2D eigenvalue weighted by Gasteiger charge is 2.14. The smallest absolute Gasteiger partial charge is 0.252 e. The number of fused-ring (bicyclic) bond motifs is 1. The van der Waals surface area contributed by atoms with Gasteiger partial charge in [0.2, 0.25) is 0 Å².